The summed E-state index contributed by atoms with van der Waals surface area (Å²) in [5, 5.41) is 0. The Morgan fingerprint density at radius 3 is 2.00 bits per heavy atom. The minimum absolute atomic E-state index is 0.507. The van der Waals surface area contributed by atoms with Gasteiger partial charge in [-0.2, -0.15) is 0 Å². The molecule has 2 fully saturated rings. The monoisotopic (exact) mass is 256 g/mol. The van der Waals surface area contributed by atoms with Crippen molar-refractivity contribution in [3.63, 3.8) is 0 Å². The molecule has 2 aliphatic rings. The summed E-state index contributed by atoms with van der Waals surface area (Å²) in [4.78, 5) is 0. The minimum atomic E-state index is 0.507. The van der Waals surface area contributed by atoms with E-state index in [-0.39, 0.29) is 0 Å². The quantitative estimate of drug-likeness (QED) is 0.758. The molecule has 0 heterocycles. The zero-order valence-electron chi connectivity index (χ0n) is 11.2. The van der Waals surface area contributed by atoms with E-state index in [2.05, 4.69) is 11.0 Å². The van der Waals surface area contributed by atoms with Gasteiger partial charge in [0.05, 0.1) is 0 Å². The highest BCUT2D eigenvalue weighted by atomic mass is 32.2. The van der Waals surface area contributed by atoms with E-state index in [4.69, 9.17) is 5.73 Å². The van der Waals surface area contributed by atoms with Crippen molar-refractivity contribution in [3.05, 3.63) is 0 Å². The molecule has 0 amide bonds. The lowest BCUT2D eigenvalue weighted by molar-refractivity contribution is 0.222. The number of hydrogen-bond donors (Lipinski definition) is 2. The lowest BCUT2D eigenvalue weighted by Crippen LogP contribution is -2.31. The van der Waals surface area contributed by atoms with Crippen LogP contribution in [0.25, 0.3) is 0 Å². The summed E-state index contributed by atoms with van der Waals surface area (Å²) in [5.41, 5.74) is 5.97. The Hall–Kier alpha value is 0.270. The van der Waals surface area contributed by atoms with E-state index in [0.29, 0.717) is 6.04 Å². The number of rotatable bonds is 4. The molecule has 2 rings (SSSR count). The molecular formula is C14H28N2S. The van der Waals surface area contributed by atoms with Gasteiger partial charge in [-0.1, -0.05) is 11.9 Å². The van der Waals surface area contributed by atoms with E-state index in [9.17, 15) is 0 Å². The average Bonchev–Trinajstić information content (AvgIpc) is 2.35. The third-order valence-electron chi connectivity index (χ3n) is 4.69. The molecule has 0 bridgehead atoms. The molecule has 2 saturated carbocycles. The van der Waals surface area contributed by atoms with Gasteiger partial charge < -0.3 is 5.73 Å². The van der Waals surface area contributed by atoms with Gasteiger partial charge in [0.25, 0.3) is 0 Å². The number of nitrogens with one attached hydrogen (secondary N) is 1. The molecule has 0 aromatic heterocycles. The van der Waals surface area contributed by atoms with Crippen LogP contribution >= 0.6 is 11.9 Å². The fourth-order valence-electron chi connectivity index (χ4n) is 3.58. The summed E-state index contributed by atoms with van der Waals surface area (Å²) in [6, 6.07) is 1.29. The van der Waals surface area contributed by atoms with Crippen LogP contribution in [-0.2, 0) is 0 Å². The maximum Gasteiger partial charge on any atom is 0.0172 e. The molecule has 0 radical (unpaired) electrons. The molecule has 17 heavy (non-hydrogen) atoms. The van der Waals surface area contributed by atoms with Gasteiger partial charge in [-0.25, -0.2) is 0 Å². The minimum Gasteiger partial charge on any atom is -0.328 e. The van der Waals surface area contributed by atoms with Crippen LogP contribution in [0.1, 0.15) is 57.8 Å². The van der Waals surface area contributed by atoms with Crippen molar-refractivity contribution >= 4 is 11.9 Å². The summed E-state index contributed by atoms with van der Waals surface area (Å²) < 4.78 is 3.51. The van der Waals surface area contributed by atoms with Crippen LogP contribution in [0.3, 0.4) is 0 Å². The van der Waals surface area contributed by atoms with Crippen molar-refractivity contribution in [1.29, 1.82) is 0 Å². The van der Waals surface area contributed by atoms with Crippen LogP contribution in [-0.4, -0.2) is 18.3 Å². The molecule has 0 aromatic carbocycles. The second-order valence-electron chi connectivity index (χ2n) is 6.06. The van der Waals surface area contributed by atoms with Crippen LogP contribution in [0.2, 0.25) is 0 Å². The van der Waals surface area contributed by atoms with Crippen LogP contribution in [0.15, 0.2) is 0 Å². The Morgan fingerprint density at radius 1 is 0.941 bits per heavy atom. The average molecular weight is 256 g/mol. The van der Waals surface area contributed by atoms with Crippen LogP contribution in [0.4, 0.5) is 0 Å². The van der Waals surface area contributed by atoms with Crippen molar-refractivity contribution in [2.75, 3.05) is 6.26 Å². The zero-order chi connectivity index (χ0) is 12.1. The molecule has 2 aliphatic carbocycles. The molecule has 2 nitrogen and oxygen atoms in total. The number of nitrogens with two attached hydrogens (primary N) is 1. The highest BCUT2D eigenvalue weighted by Crippen LogP contribution is 2.35. The van der Waals surface area contributed by atoms with Gasteiger partial charge in [-0.3, -0.25) is 4.72 Å². The molecule has 0 atom stereocenters. The molecule has 3 heteroatoms. The standard InChI is InChI=1S/C14H28N2S/c1-17-16-14-8-4-12(5-9-14)10-11-2-6-13(15)7-3-11/h11-14,16H,2-10,15H2,1H3. The van der Waals surface area contributed by atoms with E-state index in [1.54, 1.807) is 11.9 Å². The predicted octanol–water partition coefficient (Wildman–Crippen LogP) is 3.32. The van der Waals surface area contributed by atoms with Crippen LogP contribution in [0, 0.1) is 11.8 Å². The fourth-order valence-corrected chi connectivity index (χ4v) is 4.15. The van der Waals surface area contributed by atoms with Gasteiger partial charge in [-0.05, 0) is 75.9 Å². The molecule has 3 N–H and O–H groups in total. The summed E-state index contributed by atoms with van der Waals surface area (Å²) in [5.74, 6) is 2.00. The summed E-state index contributed by atoms with van der Waals surface area (Å²) in [6.07, 6.45) is 14.6. The first-order chi connectivity index (χ1) is 8.28. The first kappa shape index (κ1) is 13.7. The van der Waals surface area contributed by atoms with Crippen LogP contribution in [0.5, 0.6) is 0 Å². The van der Waals surface area contributed by atoms with E-state index in [0.717, 1.165) is 17.9 Å². The smallest absolute Gasteiger partial charge is 0.0172 e. The molecule has 0 aromatic rings. The lowest BCUT2D eigenvalue weighted by Gasteiger charge is -2.33. The SMILES string of the molecule is CSNC1CCC(CC2CCC(N)CC2)CC1. The Balaban J connectivity index is 1.64. The molecule has 0 aliphatic heterocycles. The molecule has 0 spiro atoms. The van der Waals surface area contributed by atoms with E-state index < -0.39 is 0 Å². The number of hydrogen-bond acceptors (Lipinski definition) is 3. The van der Waals surface area contributed by atoms with E-state index >= 15 is 0 Å². The molecular weight excluding hydrogens is 228 g/mol. The highest BCUT2D eigenvalue weighted by molar-refractivity contribution is 7.96. The van der Waals surface area contributed by atoms with Gasteiger partial charge in [0.1, 0.15) is 0 Å². The Kier molecular flexibility index (Phi) is 5.64. The van der Waals surface area contributed by atoms with E-state index in [1.165, 1.54) is 57.8 Å². The third-order valence-corrected chi connectivity index (χ3v) is 5.26. The van der Waals surface area contributed by atoms with Crippen molar-refractivity contribution < 1.29 is 0 Å². The van der Waals surface area contributed by atoms with Gasteiger partial charge in [0, 0.05) is 12.1 Å². The summed E-state index contributed by atoms with van der Waals surface area (Å²) >= 11 is 1.78. The van der Waals surface area contributed by atoms with Crippen LogP contribution < -0.4 is 10.5 Å². The second kappa shape index (κ2) is 7.01. The summed E-state index contributed by atoms with van der Waals surface area (Å²) in [6.45, 7) is 0. The van der Waals surface area contributed by atoms with E-state index in [1.807, 2.05) is 0 Å². The maximum absolute atomic E-state index is 5.97. The fraction of sp³-hybridized carbons (Fsp3) is 1.00. The van der Waals surface area contributed by atoms with Crippen molar-refractivity contribution in [3.8, 4) is 0 Å². The first-order valence-corrected chi connectivity index (χ1v) is 8.54. The largest absolute Gasteiger partial charge is 0.328 e. The Bertz CT molecular complexity index is 206. The maximum atomic E-state index is 5.97. The van der Waals surface area contributed by atoms with Gasteiger partial charge in [0.15, 0.2) is 0 Å². The normalized spacial score (nSPS) is 39.2. The van der Waals surface area contributed by atoms with Gasteiger partial charge in [-0.15, -0.1) is 0 Å². The van der Waals surface area contributed by atoms with Crippen molar-refractivity contribution in [2.24, 2.45) is 17.6 Å². The molecule has 100 valence electrons. The third kappa shape index (κ3) is 4.46. The Labute approximate surface area is 111 Å². The lowest BCUT2D eigenvalue weighted by atomic mass is 9.76. The summed E-state index contributed by atoms with van der Waals surface area (Å²) in [7, 11) is 0. The topological polar surface area (TPSA) is 38.0 Å². The molecule has 0 saturated heterocycles. The van der Waals surface area contributed by atoms with Crippen molar-refractivity contribution in [2.45, 2.75) is 69.9 Å². The highest BCUT2D eigenvalue weighted by Gasteiger charge is 2.25. The van der Waals surface area contributed by atoms with Crippen molar-refractivity contribution in [1.82, 2.24) is 4.72 Å². The first-order valence-electron chi connectivity index (χ1n) is 7.32. The molecule has 0 unspecified atom stereocenters. The predicted molar refractivity (Wildman–Crippen MR) is 76.9 cm³/mol. The Morgan fingerprint density at radius 2 is 1.47 bits per heavy atom. The zero-order valence-corrected chi connectivity index (χ0v) is 12.0. The second-order valence-corrected chi connectivity index (χ2v) is 6.70. The van der Waals surface area contributed by atoms with Gasteiger partial charge in [0.2, 0.25) is 0 Å². The van der Waals surface area contributed by atoms with Gasteiger partial charge >= 0.3 is 0 Å².